The van der Waals surface area contributed by atoms with Crippen LogP contribution in [0.5, 0.6) is 5.75 Å². The molecule has 0 unspecified atom stereocenters. The molecule has 174 valence electrons. The van der Waals surface area contributed by atoms with Crippen LogP contribution in [0, 0.1) is 0 Å². The van der Waals surface area contributed by atoms with E-state index >= 15 is 0 Å². The van der Waals surface area contributed by atoms with E-state index < -0.39 is 11.9 Å². The number of aromatic amines is 1. The van der Waals surface area contributed by atoms with E-state index in [1.165, 1.54) is 36.2 Å². The molecule has 1 N–H and O–H groups in total. The lowest BCUT2D eigenvalue weighted by atomic mass is 9.90. The van der Waals surface area contributed by atoms with Crippen molar-refractivity contribution in [2.45, 2.75) is 43.8 Å². The number of para-hydroxylation sites is 1. The highest BCUT2D eigenvalue weighted by atomic mass is 19.4. The van der Waals surface area contributed by atoms with Crippen molar-refractivity contribution < 1.29 is 17.9 Å². The number of rotatable bonds is 5. The molecular formula is C24H21F3N6O. The average Bonchev–Trinajstić information content (AvgIpc) is 3.35. The van der Waals surface area contributed by atoms with E-state index in [1.54, 1.807) is 12.4 Å². The number of nitrogens with zero attached hydrogens (tertiary/aromatic N) is 5. The molecule has 0 bridgehead atoms. The Bertz CT molecular complexity index is 1340. The first-order valence-corrected chi connectivity index (χ1v) is 11.2. The van der Waals surface area contributed by atoms with E-state index in [0.29, 0.717) is 29.8 Å². The predicted molar refractivity (Wildman–Crippen MR) is 117 cm³/mol. The lowest BCUT2D eigenvalue weighted by molar-refractivity contribution is -0.140. The van der Waals surface area contributed by atoms with Crippen LogP contribution in [0.4, 0.5) is 13.2 Å². The number of H-pyrrole nitrogens is 1. The number of halogens is 3. The van der Waals surface area contributed by atoms with Crippen molar-refractivity contribution >= 4 is 0 Å². The van der Waals surface area contributed by atoms with E-state index in [2.05, 4.69) is 38.5 Å². The zero-order chi connectivity index (χ0) is 23.3. The van der Waals surface area contributed by atoms with Crippen LogP contribution in [0.25, 0.3) is 22.6 Å². The number of hydrogen-bond donors (Lipinski definition) is 1. The lowest BCUT2D eigenvalue weighted by Gasteiger charge is -2.28. The third kappa shape index (κ3) is 3.82. The Kier molecular flexibility index (Phi) is 4.89. The van der Waals surface area contributed by atoms with Crippen LogP contribution >= 0.6 is 0 Å². The van der Waals surface area contributed by atoms with Gasteiger partial charge in [-0.05, 0) is 48.4 Å². The van der Waals surface area contributed by atoms with Crippen LogP contribution in [0.2, 0.25) is 0 Å². The molecule has 4 aromatic rings. The molecule has 1 aliphatic heterocycles. The van der Waals surface area contributed by atoms with Gasteiger partial charge in [0.25, 0.3) is 0 Å². The third-order valence-corrected chi connectivity index (χ3v) is 6.44. The molecule has 0 spiro atoms. The minimum absolute atomic E-state index is 0.263. The fraction of sp³-hybridized carbons (Fsp3) is 0.333. The van der Waals surface area contributed by atoms with Gasteiger partial charge in [0.15, 0.2) is 5.69 Å². The maximum absolute atomic E-state index is 13.2. The van der Waals surface area contributed by atoms with Crippen LogP contribution in [-0.4, -0.2) is 36.6 Å². The Balaban J connectivity index is 1.25. The molecule has 1 atom stereocenters. The zero-order valence-corrected chi connectivity index (χ0v) is 18.1. The van der Waals surface area contributed by atoms with Crippen molar-refractivity contribution in [3.05, 3.63) is 65.9 Å². The van der Waals surface area contributed by atoms with Crippen molar-refractivity contribution in [1.82, 2.24) is 29.9 Å². The molecule has 0 radical (unpaired) electrons. The molecular weight excluding hydrogens is 445 g/mol. The average molecular weight is 466 g/mol. The van der Waals surface area contributed by atoms with Crippen LogP contribution < -0.4 is 4.74 Å². The van der Waals surface area contributed by atoms with E-state index in [0.717, 1.165) is 18.7 Å². The van der Waals surface area contributed by atoms with Crippen LogP contribution in [0.3, 0.4) is 0 Å². The van der Waals surface area contributed by atoms with Gasteiger partial charge in [0, 0.05) is 30.4 Å². The summed E-state index contributed by atoms with van der Waals surface area (Å²) in [6.07, 6.45) is 3.84. The summed E-state index contributed by atoms with van der Waals surface area (Å²) in [5, 5.41) is 8.89. The van der Waals surface area contributed by atoms with Crippen LogP contribution in [0.1, 0.15) is 47.9 Å². The second-order valence-electron chi connectivity index (χ2n) is 8.79. The molecule has 0 amide bonds. The second-order valence-corrected chi connectivity index (χ2v) is 8.79. The van der Waals surface area contributed by atoms with Crippen molar-refractivity contribution in [2.75, 3.05) is 6.61 Å². The van der Waals surface area contributed by atoms with Crippen molar-refractivity contribution in [1.29, 1.82) is 0 Å². The Labute approximate surface area is 193 Å². The van der Waals surface area contributed by atoms with Gasteiger partial charge in [-0.15, -0.1) is 5.10 Å². The number of fused-ring (bicyclic) bond motifs is 1. The number of nitrogens with one attached hydrogen (secondary N) is 1. The van der Waals surface area contributed by atoms with Gasteiger partial charge in [-0.3, -0.25) is 10.1 Å². The quantitative estimate of drug-likeness (QED) is 0.438. The molecule has 7 nitrogen and oxygen atoms in total. The van der Waals surface area contributed by atoms with Gasteiger partial charge in [-0.2, -0.15) is 13.2 Å². The number of pyridine rings is 1. The van der Waals surface area contributed by atoms with Gasteiger partial charge in [0.1, 0.15) is 17.1 Å². The van der Waals surface area contributed by atoms with Gasteiger partial charge < -0.3 is 9.30 Å². The normalized spacial score (nSPS) is 17.9. The van der Waals surface area contributed by atoms with E-state index in [1.807, 2.05) is 15.9 Å². The van der Waals surface area contributed by atoms with Crippen molar-refractivity contribution in [3.63, 3.8) is 0 Å². The number of benzene rings is 1. The van der Waals surface area contributed by atoms with Crippen LogP contribution in [-0.2, 0) is 12.7 Å². The first-order chi connectivity index (χ1) is 16.5. The zero-order valence-electron chi connectivity index (χ0n) is 18.1. The number of ether oxygens (including phenoxy) is 1. The SMILES string of the molecule is FC(F)(F)c1[nH]nnc1-c1ccnc(-c2cn(C[C@@H]3CCOc4c(C5CC5)cccc43)cn2)c1. The molecule has 1 aromatic carbocycles. The van der Waals surface area contributed by atoms with Gasteiger partial charge in [0.2, 0.25) is 0 Å². The van der Waals surface area contributed by atoms with Crippen molar-refractivity contribution in [2.24, 2.45) is 0 Å². The molecule has 0 saturated heterocycles. The highest BCUT2D eigenvalue weighted by Gasteiger charge is 2.37. The van der Waals surface area contributed by atoms with Gasteiger partial charge in [0.05, 0.1) is 18.6 Å². The minimum Gasteiger partial charge on any atom is -0.493 e. The van der Waals surface area contributed by atoms with E-state index in [9.17, 15) is 13.2 Å². The molecule has 4 heterocycles. The highest BCUT2D eigenvalue weighted by molar-refractivity contribution is 5.67. The molecule has 1 saturated carbocycles. The number of hydrogen-bond acceptors (Lipinski definition) is 5. The molecule has 10 heteroatoms. The minimum atomic E-state index is -4.58. The number of imidazole rings is 1. The monoisotopic (exact) mass is 466 g/mol. The van der Waals surface area contributed by atoms with Gasteiger partial charge >= 0.3 is 6.18 Å². The molecule has 2 aliphatic rings. The van der Waals surface area contributed by atoms with Gasteiger partial charge in [-0.25, -0.2) is 4.98 Å². The lowest BCUT2D eigenvalue weighted by Crippen LogP contribution is -2.19. The number of alkyl halides is 3. The highest BCUT2D eigenvalue weighted by Crippen LogP contribution is 2.48. The molecule has 1 fully saturated rings. The summed E-state index contributed by atoms with van der Waals surface area (Å²) in [5.74, 6) is 1.96. The summed E-state index contributed by atoms with van der Waals surface area (Å²) in [6, 6.07) is 9.45. The molecule has 3 aromatic heterocycles. The summed E-state index contributed by atoms with van der Waals surface area (Å²) in [4.78, 5) is 8.77. The Morgan fingerprint density at radius 2 is 1.91 bits per heavy atom. The first-order valence-electron chi connectivity index (χ1n) is 11.2. The molecule has 1 aliphatic carbocycles. The van der Waals surface area contributed by atoms with Gasteiger partial charge in [-0.1, -0.05) is 23.4 Å². The summed E-state index contributed by atoms with van der Waals surface area (Å²) in [5.41, 5.74) is 2.62. The topological polar surface area (TPSA) is 81.5 Å². The molecule has 34 heavy (non-hydrogen) atoms. The Morgan fingerprint density at radius 3 is 2.74 bits per heavy atom. The largest absolute Gasteiger partial charge is 0.493 e. The summed E-state index contributed by atoms with van der Waals surface area (Å²) >= 11 is 0. The maximum Gasteiger partial charge on any atom is 0.435 e. The van der Waals surface area contributed by atoms with Crippen LogP contribution in [0.15, 0.2) is 49.1 Å². The van der Waals surface area contributed by atoms with E-state index in [4.69, 9.17) is 4.74 Å². The predicted octanol–water partition coefficient (Wildman–Crippen LogP) is 5.19. The fourth-order valence-corrected chi connectivity index (χ4v) is 4.62. The third-order valence-electron chi connectivity index (χ3n) is 6.44. The Morgan fingerprint density at radius 1 is 1.06 bits per heavy atom. The second kappa shape index (κ2) is 7.96. The first kappa shape index (κ1) is 20.9. The Hall–Kier alpha value is -3.69. The summed E-state index contributed by atoms with van der Waals surface area (Å²) < 4.78 is 47.8. The maximum atomic E-state index is 13.2. The fourth-order valence-electron chi connectivity index (χ4n) is 4.62. The summed E-state index contributed by atoms with van der Waals surface area (Å²) in [6.45, 7) is 1.42. The summed E-state index contributed by atoms with van der Waals surface area (Å²) in [7, 11) is 0. The molecule has 6 rings (SSSR count). The standard InChI is InChI=1S/C24H21F3N6O/c25-24(26,27)23-21(30-32-31-23)15-6-8-28-19(10-15)20-12-33(13-29-20)11-16-7-9-34-22-17(14-4-5-14)2-1-3-18(16)22/h1-3,6,8,10,12-14,16H,4-5,7,9,11H2,(H,30,31,32)/t16-/m0/s1. The van der Waals surface area contributed by atoms with Crippen molar-refractivity contribution in [3.8, 4) is 28.4 Å². The smallest absolute Gasteiger partial charge is 0.435 e. The van der Waals surface area contributed by atoms with E-state index in [-0.39, 0.29) is 11.3 Å². The number of aromatic nitrogens is 6.